The van der Waals surface area contributed by atoms with E-state index >= 15 is 0 Å². The van der Waals surface area contributed by atoms with Gasteiger partial charge in [0.15, 0.2) is 5.76 Å². The average Bonchev–Trinajstić information content (AvgIpc) is 3.11. The Kier molecular flexibility index (Phi) is 6.53. The Hall–Kier alpha value is -3.59. The SMILES string of the molecule is CCNC(=O)Oc1noc(-c2cc(Cl)c(O)cc2O)c1NCc1ccc(OC)cc1. The normalized spacial score (nSPS) is 10.5. The molecule has 1 heterocycles. The molecule has 1 amide bonds. The molecule has 3 aromatic rings. The van der Waals surface area contributed by atoms with Crippen molar-refractivity contribution in [1.29, 1.82) is 0 Å². The number of amides is 1. The highest BCUT2D eigenvalue weighted by molar-refractivity contribution is 6.32. The van der Waals surface area contributed by atoms with Crippen molar-refractivity contribution in [2.24, 2.45) is 0 Å². The molecule has 0 atom stereocenters. The number of carbonyl (C=O) groups is 1. The highest BCUT2D eigenvalue weighted by Gasteiger charge is 2.24. The third kappa shape index (κ3) is 4.69. The molecule has 10 heteroatoms. The van der Waals surface area contributed by atoms with Crippen molar-refractivity contribution in [3.8, 4) is 34.5 Å². The molecule has 0 saturated heterocycles. The van der Waals surface area contributed by atoms with E-state index in [2.05, 4.69) is 15.8 Å². The Morgan fingerprint density at radius 3 is 2.60 bits per heavy atom. The molecule has 1 aromatic heterocycles. The van der Waals surface area contributed by atoms with Crippen LogP contribution in [0.3, 0.4) is 0 Å². The summed E-state index contributed by atoms with van der Waals surface area (Å²) in [6, 6.07) is 9.74. The molecule has 0 aliphatic heterocycles. The number of nitrogens with one attached hydrogen (secondary N) is 2. The van der Waals surface area contributed by atoms with E-state index < -0.39 is 6.09 Å². The van der Waals surface area contributed by atoms with Crippen LogP contribution in [-0.4, -0.2) is 35.1 Å². The molecular weight excluding hydrogens is 414 g/mol. The molecule has 0 radical (unpaired) electrons. The predicted octanol–water partition coefficient (Wildman–Crippen LogP) is 4.14. The number of aromatic nitrogens is 1. The zero-order valence-electron chi connectivity index (χ0n) is 16.2. The topological polar surface area (TPSA) is 126 Å². The minimum Gasteiger partial charge on any atom is -0.507 e. The van der Waals surface area contributed by atoms with Gasteiger partial charge in [-0.2, -0.15) is 0 Å². The summed E-state index contributed by atoms with van der Waals surface area (Å²) < 4.78 is 15.7. The first-order valence-electron chi connectivity index (χ1n) is 8.97. The number of benzene rings is 2. The number of hydrogen-bond acceptors (Lipinski definition) is 8. The smallest absolute Gasteiger partial charge is 0.414 e. The Balaban J connectivity index is 1.95. The lowest BCUT2D eigenvalue weighted by Crippen LogP contribution is -2.26. The van der Waals surface area contributed by atoms with Gasteiger partial charge in [-0.15, -0.1) is 0 Å². The molecule has 0 aliphatic carbocycles. The van der Waals surface area contributed by atoms with Gasteiger partial charge in [0.25, 0.3) is 5.88 Å². The molecule has 0 unspecified atom stereocenters. The molecule has 0 spiro atoms. The molecule has 0 saturated carbocycles. The van der Waals surface area contributed by atoms with Crippen LogP contribution in [0.2, 0.25) is 5.02 Å². The number of ether oxygens (including phenoxy) is 2. The highest BCUT2D eigenvalue weighted by Crippen LogP contribution is 2.43. The summed E-state index contributed by atoms with van der Waals surface area (Å²) in [7, 11) is 1.58. The zero-order valence-corrected chi connectivity index (χ0v) is 17.0. The number of hydrogen-bond donors (Lipinski definition) is 4. The van der Waals surface area contributed by atoms with Crippen molar-refractivity contribution < 1.29 is 29.0 Å². The predicted molar refractivity (Wildman–Crippen MR) is 110 cm³/mol. The van der Waals surface area contributed by atoms with Crippen LogP contribution >= 0.6 is 11.6 Å². The number of halogens is 1. The fourth-order valence-electron chi connectivity index (χ4n) is 2.62. The summed E-state index contributed by atoms with van der Waals surface area (Å²) in [6.07, 6.45) is -0.710. The summed E-state index contributed by atoms with van der Waals surface area (Å²) in [5.41, 5.74) is 1.29. The Morgan fingerprint density at radius 1 is 1.20 bits per heavy atom. The van der Waals surface area contributed by atoms with Crippen molar-refractivity contribution >= 4 is 23.4 Å². The summed E-state index contributed by atoms with van der Waals surface area (Å²) in [5.74, 6) is 0.109. The third-order valence-corrected chi connectivity index (χ3v) is 4.41. The number of methoxy groups -OCH3 is 1. The van der Waals surface area contributed by atoms with Crippen LogP contribution in [0.25, 0.3) is 11.3 Å². The number of aromatic hydroxyl groups is 2. The van der Waals surface area contributed by atoms with E-state index in [1.165, 1.54) is 6.07 Å². The van der Waals surface area contributed by atoms with Gasteiger partial charge in [-0.25, -0.2) is 4.79 Å². The van der Waals surface area contributed by atoms with Gasteiger partial charge >= 0.3 is 6.09 Å². The molecule has 4 N–H and O–H groups in total. The lowest BCUT2D eigenvalue weighted by atomic mass is 10.1. The maximum absolute atomic E-state index is 11.9. The van der Waals surface area contributed by atoms with E-state index in [4.69, 9.17) is 25.6 Å². The highest BCUT2D eigenvalue weighted by atomic mass is 35.5. The number of carbonyl (C=O) groups excluding carboxylic acids is 1. The van der Waals surface area contributed by atoms with Gasteiger partial charge < -0.3 is 34.8 Å². The van der Waals surface area contributed by atoms with Crippen LogP contribution in [0.15, 0.2) is 40.9 Å². The summed E-state index contributed by atoms with van der Waals surface area (Å²) in [5, 5.41) is 29.3. The molecule has 30 heavy (non-hydrogen) atoms. The Bertz CT molecular complexity index is 1040. The second-order valence-corrected chi connectivity index (χ2v) is 6.54. The van der Waals surface area contributed by atoms with Crippen LogP contribution in [0, 0.1) is 0 Å². The van der Waals surface area contributed by atoms with Crippen molar-refractivity contribution in [2.75, 3.05) is 19.0 Å². The quantitative estimate of drug-likeness (QED) is 0.438. The first-order chi connectivity index (χ1) is 14.4. The second-order valence-electron chi connectivity index (χ2n) is 6.13. The molecule has 9 nitrogen and oxygen atoms in total. The van der Waals surface area contributed by atoms with Crippen LogP contribution in [0.1, 0.15) is 12.5 Å². The van der Waals surface area contributed by atoms with Gasteiger partial charge in [0.05, 0.1) is 17.7 Å². The number of phenolic OH excluding ortho intramolecular Hbond substituents is 2. The minimum atomic E-state index is -0.710. The van der Waals surface area contributed by atoms with Crippen LogP contribution in [0.5, 0.6) is 23.1 Å². The van der Waals surface area contributed by atoms with E-state index in [0.717, 1.165) is 11.6 Å². The molecular formula is C20H20ClN3O6. The average molecular weight is 434 g/mol. The van der Waals surface area contributed by atoms with Crippen LogP contribution in [-0.2, 0) is 6.54 Å². The van der Waals surface area contributed by atoms with Crippen LogP contribution in [0.4, 0.5) is 10.5 Å². The van der Waals surface area contributed by atoms with Crippen molar-refractivity contribution in [2.45, 2.75) is 13.5 Å². The van der Waals surface area contributed by atoms with Gasteiger partial charge in [-0.3, -0.25) is 0 Å². The fourth-order valence-corrected chi connectivity index (χ4v) is 2.78. The Labute approximate surface area is 177 Å². The van der Waals surface area contributed by atoms with Crippen LogP contribution < -0.4 is 20.1 Å². The maximum atomic E-state index is 11.9. The lowest BCUT2D eigenvalue weighted by Gasteiger charge is -2.10. The number of phenols is 2. The molecule has 0 bridgehead atoms. The van der Waals surface area contributed by atoms with E-state index in [0.29, 0.717) is 18.8 Å². The fraction of sp³-hybridized carbons (Fsp3) is 0.200. The van der Waals surface area contributed by atoms with Crippen molar-refractivity contribution in [3.63, 3.8) is 0 Å². The molecule has 2 aromatic carbocycles. The molecule has 0 aliphatic rings. The van der Waals surface area contributed by atoms with Gasteiger partial charge in [0.2, 0.25) is 0 Å². The number of nitrogens with zero attached hydrogens (tertiary/aromatic N) is 1. The Morgan fingerprint density at radius 2 is 1.93 bits per heavy atom. The summed E-state index contributed by atoms with van der Waals surface area (Å²) in [6.45, 7) is 2.44. The van der Waals surface area contributed by atoms with Gasteiger partial charge in [0.1, 0.15) is 22.9 Å². The maximum Gasteiger partial charge on any atom is 0.414 e. The standard InChI is InChI=1S/C20H20ClN3O6/c1-3-22-20(27)29-19-17(23-10-11-4-6-12(28-2)7-5-11)18(30-24-19)13-8-14(21)16(26)9-15(13)25/h4-9,23,25-26H,3,10H2,1-2H3,(H,22,27). The molecule has 158 valence electrons. The van der Waals surface area contributed by atoms with Gasteiger partial charge in [0, 0.05) is 19.2 Å². The van der Waals surface area contributed by atoms with Gasteiger partial charge in [-0.1, -0.05) is 23.7 Å². The first-order valence-corrected chi connectivity index (χ1v) is 9.34. The first kappa shape index (κ1) is 21.1. The summed E-state index contributed by atoms with van der Waals surface area (Å²) >= 11 is 5.97. The van der Waals surface area contributed by atoms with E-state index in [9.17, 15) is 15.0 Å². The zero-order chi connectivity index (χ0) is 21.7. The monoisotopic (exact) mass is 433 g/mol. The van der Waals surface area contributed by atoms with E-state index in [1.54, 1.807) is 14.0 Å². The lowest BCUT2D eigenvalue weighted by molar-refractivity contribution is 0.196. The number of anilines is 1. The molecule has 3 rings (SSSR count). The van der Waals surface area contributed by atoms with E-state index in [1.807, 2.05) is 24.3 Å². The summed E-state index contributed by atoms with van der Waals surface area (Å²) in [4.78, 5) is 11.9. The third-order valence-electron chi connectivity index (χ3n) is 4.11. The van der Waals surface area contributed by atoms with Crippen molar-refractivity contribution in [3.05, 3.63) is 47.0 Å². The number of rotatable bonds is 7. The van der Waals surface area contributed by atoms with E-state index in [-0.39, 0.29) is 39.4 Å². The van der Waals surface area contributed by atoms with Crippen molar-refractivity contribution in [1.82, 2.24) is 10.5 Å². The molecule has 0 fully saturated rings. The van der Waals surface area contributed by atoms with Gasteiger partial charge in [-0.05, 0) is 35.8 Å². The minimum absolute atomic E-state index is 0.00602. The second kappa shape index (κ2) is 9.27. The largest absolute Gasteiger partial charge is 0.507 e.